The average Bonchev–Trinajstić information content (AvgIpc) is 3.08. The summed E-state index contributed by atoms with van der Waals surface area (Å²) in [6.07, 6.45) is -0.863. The van der Waals surface area contributed by atoms with Gasteiger partial charge in [-0.1, -0.05) is 60.7 Å². The first-order chi connectivity index (χ1) is 13.1. The summed E-state index contributed by atoms with van der Waals surface area (Å²) >= 11 is 0. The van der Waals surface area contributed by atoms with E-state index in [0.717, 1.165) is 11.1 Å². The van der Waals surface area contributed by atoms with Crippen molar-refractivity contribution in [1.82, 2.24) is 4.90 Å². The zero-order valence-electron chi connectivity index (χ0n) is 14.9. The molecule has 1 amide bonds. The first-order valence-corrected chi connectivity index (χ1v) is 8.85. The lowest BCUT2D eigenvalue weighted by atomic mass is 10.1. The second-order valence-electron chi connectivity index (χ2n) is 6.56. The number of hydrogen-bond acceptors (Lipinski definition) is 5. The minimum absolute atomic E-state index is 0.172. The van der Waals surface area contributed by atoms with E-state index in [1.165, 1.54) is 4.90 Å². The van der Waals surface area contributed by atoms with Crippen LogP contribution in [0.5, 0.6) is 0 Å². The van der Waals surface area contributed by atoms with E-state index >= 15 is 0 Å². The summed E-state index contributed by atoms with van der Waals surface area (Å²) in [6.45, 7) is 0.840. The molecule has 2 aromatic carbocycles. The summed E-state index contributed by atoms with van der Waals surface area (Å²) in [5, 5.41) is 11.0. The van der Waals surface area contributed by atoms with Crippen LogP contribution in [-0.4, -0.2) is 41.7 Å². The van der Waals surface area contributed by atoms with Gasteiger partial charge in [0.05, 0.1) is 25.2 Å². The van der Waals surface area contributed by atoms with E-state index in [1.54, 1.807) is 0 Å². The molecule has 0 aliphatic carbocycles. The molecule has 7 nitrogen and oxygen atoms in total. The molecule has 142 valence electrons. The number of likely N-dealkylation sites (tertiary alicyclic amines) is 1. The fourth-order valence-electron chi connectivity index (χ4n) is 3.13. The van der Waals surface area contributed by atoms with Gasteiger partial charge in [-0.05, 0) is 11.1 Å². The molecule has 0 unspecified atom stereocenters. The Morgan fingerprint density at radius 3 is 2.19 bits per heavy atom. The maximum Gasteiger partial charge on any atom is 0.410 e. The SMILES string of the molecule is O=C(OCc1ccccc1)N1C[C@@H](C[N+](=O)[O-])[C@@H](OCc2ccccc2)C1. The van der Waals surface area contributed by atoms with E-state index < -0.39 is 6.09 Å². The Morgan fingerprint density at radius 1 is 1.00 bits per heavy atom. The highest BCUT2D eigenvalue weighted by atomic mass is 16.6. The summed E-state index contributed by atoms with van der Waals surface area (Å²) < 4.78 is 11.2. The normalized spacial score (nSPS) is 19.0. The van der Waals surface area contributed by atoms with Crippen molar-refractivity contribution in [3.63, 3.8) is 0 Å². The van der Waals surface area contributed by atoms with Crippen LogP contribution in [0.2, 0.25) is 0 Å². The summed E-state index contributed by atoms with van der Waals surface area (Å²) in [7, 11) is 0. The fraction of sp³-hybridized carbons (Fsp3) is 0.350. The molecule has 7 heteroatoms. The Balaban J connectivity index is 1.56. The molecule has 0 N–H and O–H groups in total. The van der Waals surface area contributed by atoms with Crippen LogP contribution in [0.15, 0.2) is 60.7 Å². The van der Waals surface area contributed by atoms with E-state index in [-0.39, 0.29) is 36.6 Å². The predicted molar refractivity (Wildman–Crippen MR) is 98.6 cm³/mol. The average molecular weight is 370 g/mol. The largest absolute Gasteiger partial charge is 0.445 e. The molecule has 1 aliphatic rings. The van der Waals surface area contributed by atoms with Crippen molar-refractivity contribution in [1.29, 1.82) is 0 Å². The Kier molecular flexibility index (Phi) is 6.38. The number of carbonyl (C=O) groups excluding carboxylic acids is 1. The highest BCUT2D eigenvalue weighted by Crippen LogP contribution is 2.23. The summed E-state index contributed by atoms with van der Waals surface area (Å²) in [5.41, 5.74) is 1.88. The van der Waals surface area contributed by atoms with E-state index in [2.05, 4.69) is 0 Å². The zero-order chi connectivity index (χ0) is 19.1. The lowest BCUT2D eigenvalue weighted by Crippen LogP contribution is -2.30. The van der Waals surface area contributed by atoms with Crippen LogP contribution in [0, 0.1) is 16.0 Å². The molecular weight excluding hydrogens is 348 g/mol. The Hall–Kier alpha value is -2.93. The van der Waals surface area contributed by atoms with Crippen LogP contribution >= 0.6 is 0 Å². The number of rotatable bonds is 7. The van der Waals surface area contributed by atoms with Gasteiger partial charge >= 0.3 is 6.09 Å². The maximum absolute atomic E-state index is 12.3. The van der Waals surface area contributed by atoms with Crippen molar-refractivity contribution >= 4 is 6.09 Å². The molecule has 0 saturated carbocycles. The predicted octanol–water partition coefficient (Wildman–Crippen LogP) is 3.12. The minimum atomic E-state index is -0.474. The lowest BCUT2D eigenvalue weighted by Gasteiger charge is -2.17. The van der Waals surface area contributed by atoms with Gasteiger partial charge in [-0.3, -0.25) is 10.1 Å². The molecule has 3 rings (SSSR count). The number of benzene rings is 2. The quantitative estimate of drug-likeness (QED) is 0.552. The van der Waals surface area contributed by atoms with E-state index in [9.17, 15) is 14.9 Å². The number of ether oxygens (including phenoxy) is 2. The Bertz CT molecular complexity index is 753. The van der Waals surface area contributed by atoms with Crippen LogP contribution in [0.25, 0.3) is 0 Å². The topological polar surface area (TPSA) is 81.9 Å². The number of nitro groups is 1. The van der Waals surface area contributed by atoms with Crippen molar-refractivity contribution in [2.24, 2.45) is 5.92 Å². The molecule has 1 aliphatic heterocycles. The van der Waals surface area contributed by atoms with Crippen LogP contribution in [0.1, 0.15) is 11.1 Å². The van der Waals surface area contributed by atoms with Gasteiger partial charge in [-0.15, -0.1) is 0 Å². The Morgan fingerprint density at radius 2 is 1.59 bits per heavy atom. The third-order valence-corrected chi connectivity index (χ3v) is 4.53. The molecular formula is C20H22N2O5. The van der Waals surface area contributed by atoms with Gasteiger partial charge < -0.3 is 14.4 Å². The summed E-state index contributed by atoms with van der Waals surface area (Å²) in [4.78, 5) is 24.5. The molecule has 1 fully saturated rings. The van der Waals surface area contributed by atoms with Crippen molar-refractivity contribution < 1.29 is 19.2 Å². The van der Waals surface area contributed by atoms with Crippen molar-refractivity contribution in [3.05, 3.63) is 81.9 Å². The lowest BCUT2D eigenvalue weighted by molar-refractivity contribution is -0.489. The monoisotopic (exact) mass is 370 g/mol. The second-order valence-corrected chi connectivity index (χ2v) is 6.56. The van der Waals surface area contributed by atoms with Crippen LogP contribution in [0.3, 0.4) is 0 Å². The van der Waals surface area contributed by atoms with Crippen molar-refractivity contribution in [2.75, 3.05) is 19.6 Å². The van der Waals surface area contributed by atoms with Gasteiger partial charge in [0.2, 0.25) is 6.54 Å². The highest BCUT2D eigenvalue weighted by molar-refractivity contribution is 5.68. The van der Waals surface area contributed by atoms with Gasteiger partial charge in [-0.2, -0.15) is 0 Å². The molecule has 0 bridgehead atoms. The third-order valence-electron chi connectivity index (χ3n) is 4.53. The molecule has 2 atom stereocenters. The second kappa shape index (κ2) is 9.14. The van der Waals surface area contributed by atoms with Gasteiger partial charge in [-0.25, -0.2) is 4.79 Å². The standard InChI is InChI=1S/C20H22N2O5/c23-20(27-15-17-9-5-2-6-10-17)21-11-18(12-22(24)25)19(13-21)26-14-16-7-3-1-4-8-16/h1-10,18-19H,11-15H2/t18-,19-/m0/s1. The third kappa shape index (κ3) is 5.52. The zero-order valence-corrected chi connectivity index (χ0v) is 14.9. The van der Waals surface area contributed by atoms with E-state index in [1.807, 2.05) is 60.7 Å². The molecule has 1 heterocycles. The van der Waals surface area contributed by atoms with Gasteiger partial charge in [0.25, 0.3) is 0 Å². The van der Waals surface area contributed by atoms with Gasteiger partial charge in [0, 0.05) is 11.5 Å². The molecule has 2 aromatic rings. The number of amides is 1. The van der Waals surface area contributed by atoms with Crippen LogP contribution in [0.4, 0.5) is 4.79 Å². The Labute approximate surface area is 157 Å². The molecule has 0 spiro atoms. The van der Waals surface area contributed by atoms with Crippen molar-refractivity contribution in [3.8, 4) is 0 Å². The first-order valence-electron chi connectivity index (χ1n) is 8.85. The summed E-state index contributed by atoms with van der Waals surface area (Å²) in [6, 6.07) is 19.0. The van der Waals surface area contributed by atoms with Gasteiger partial charge in [0.1, 0.15) is 6.61 Å². The molecule has 1 saturated heterocycles. The molecule has 0 radical (unpaired) electrons. The van der Waals surface area contributed by atoms with Gasteiger partial charge in [0.15, 0.2) is 0 Å². The van der Waals surface area contributed by atoms with Crippen LogP contribution < -0.4 is 0 Å². The number of nitrogens with zero attached hydrogens (tertiary/aromatic N) is 2. The van der Waals surface area contributed by atoms with Crippen molar-refractivity contribution in [2.45, 2.75) is 19.3 Å². The maximum atomic E-state index is 12.3. The fourth-order valence-corrected chi connectivity index (χ4v) is 3.13. The van der Waals surface area contributed by atoms with E-state index in [4.69, 9.17) is 9.47 Å². The number of carbonyl (C=O) groups is 1. The smallest absolute Gasteiger partial charge is 0.410 e. The highest BCUT2D eigenvalue weighted by Gasteiger charge is 2.39. The molecule has 27 heavy (non-hydrogen) atoms. The summed E-state index contributed by atoms with van der Waals surface area (Å²) in [5.74, 6) is -0.354. The number of hydrogen-bond donors (Lipinski definition) is 0. The van der Waals surface area contributed by atoms with E-state index in [0.29, 0.717) is 13.2 Å². The minimum Gasteiger partial charge on any atom is -0.445 e. The first kappa shape index (κ1) is 18.8. The molecule has 0 aromatic heterocycles. The van der Waals surface area contributed by atoms with Crippen LogP contribution in [-0.2, 0) is 22.7 Å².